The summed E-state index contributed by atoms with van der Waals surface area (Å²) in [4.78, 5) is 4.40. The Morgan fingerprint density at radius 2 is 2.15 bits per heavy atom. The molecule has 0 aliphatic carbocycles. The largest absolute Gasteiger partial charge is 0.466 e. The van der Waals surface area contributed by atoms with Gasteiger partial charge in [0.05, 0.1) is 0 Å². The van der Waals surface area contributed by atoms with Crippen LogP contribution in [0.25, 0.3) is 0 Å². The summed E-state index contributed by atoms with van der Waals surface area (Å²) >= 11 is 0. The van der Waals surface area contributed by atoms with Crippen LogP contribution in [0.2, 0.25) is 0 Å². The third-order valence-electron chi connectivity index (χ3n) is 3.42. The van der Waals surface area contributed by atoms with E-state index in [4.69, 9.17) is 4.42 Å². The number of aromatic nitrogens is 3. The van der Waals surface area contributed by atoms with Crippen molar-refractivity contribution in [3.8, 4) is 0 Å². The number of hydrogen-bond donors (Lipinski definition) is 1. The molecule has 5 nitrogen and oxygen atoms in total. The number of rotatable bonds is 7. The Hall–Kier alpha value is -1.62. The minimum absolute atomic E-state index is 0.220. The van der Waals surface area contributed by atoms with Crippen molar-refractivity contribution in [2.75, 3.05) is 6.54 Å². The van der Waals surface area contributed by atoms with Crippen molar-refractivity contribution in [3.63, 3.8) is 0 Å². The molecule has 0 aliphatic rings. The van der Waals surface area contributed by atoms with E-state index in [1.807, 2.05) is 18.5 Å². The van der Waals surface area contributed by atoms with Crippen LogP contribution in [0.5, 0.6) is 0 Å². The highest BCUT2D eigenvalue weighted by atomic mass is 16.3. The van der Waals surface area contributed by atoms with Gasteiger partial charge in [0.15, 0.2) is 0 Å². The van der Waals surface area contributed by atoms with Crippen LogP contribution in [-0.4, -0.2) is 21.3 Å². The highest BCUT2D eigenvalue weighted by molar-refractivity contribution is 5.25. The van der Waals surface area contributed by atoms with Crippen molar-refractivity contribution in [2.45, 2.75) is 53.1 Å². The molecule has 0 aliphatic heterocycles. The first kappa shape index (κ1) is 14.8. The number of hydrogen-bond acceptors (Lipinski definition) is 4. The molecule has 0 bridgehead atoms. The number of aryl methyl sites for hydroxylation is 3. The summed E-state index contributed by atoms with van der Waals surface area (Å²) in [5.74, 6) is 2.96. The summed E-state index contributed by atoms with van der Waals surface area (Å²) < 4.78 is 7.65. The lowest BCUT2D eigenvalue weighted by molar-refractivity contribution is 0.472. The number of nitrogens with one attached hydrogen (secondary N) is 1. The molecule has 0 saturated heterocycles. The monoisotopic (exact) mass is 276 g/mol. The van der Waals surface area contributed by atoms with Gasteiger partial charge in [-0.2, -0.15) is 5.10 Å². The predicted molar refractivity (Wildman–Crippen MR) is 78.6 cm³/mol. The van der Waals surface area contributed by atoms with Crippen LogP contribution in [0.3, 0.4) is 0 Å². The van der Waals surface area contributed by atoms with Gasteiger partial charge in [-0.1, -0.05) is 13.8 Å². The molecule has 20 heavy (non-hydrogen) atoms. The summed E-state index contributed by atoms with van der Waals surface area (Å²) in [7, 11) is 0. The Kier molecular flexibility index (Phi) is 4.95. The van der Waals surface area contributed by atoms with Gasteiger partial charge in [-0.05, 0) is 32.9 Å². The first-order chi connectivity index (χ1) is 9.65. The molecular weight excluding hydrogens is 252 g/mol. The lowest BCUT2D eigenvalue weighted by Gasteiger charge is -2.17. The molecule has 110 valence electrons. The van der Waals surface area contributed by atoms with E-state index in [9.17, 15) is 0 Å². The first-order valence-electron chi connectivity index (χ1n) is 7.32. The molecule has 2 heterocycles. The molecule has 1 atom stereocenters. The Bertz CT molecular complexity index is 544. The van der Waals surface area contributed by atoms with Crippen molar-refractivity contribution >= 4 is 0 Å². The summed E-state index contributed by atoms with van der Waals surface area (Å²) in [6, 6.07) is 2.33. The van der Waals surface area contributed by atoms with Crippen LogP contribution >= 0.6 is 0 Å². The molecular formula is C15H24N4O. The van der Waals surface area contributed by atoms with Crippen molar-refractivity contribution in [1.29, 1.82) is 0 Å². The number of furan rings is 1. The van der Waals surface area contributed by atoms with Gasteiger partial charge in [0, 0.05) is 24.6 Å². The molecule has 0 radical (unpaired) electrons. The molecule has 0 fully saturated rings. The fraction of sp³-hybridized carbons (Fsp3) is 0.600. The average Bonchev–Trinajstić information content (AvgIpc) is 2.96. The smallest absolute Gasteiger partial charge is 0.138 e. The van der Waals surface area contributed by atoms with Crippen LogP contribution < -0.4 is 5.32 Å². The summed E-state index contributed by atoms with van der Waals surface area (Å²) in [5, 5.41) is 7.81. The third-order valence-corrected chi connectivity index (χ3v) is 3.42. The Morgan fingerprint density at radius 3 is 2.75 bits per heavy atom. The number of nitrogens with zero attached hydrogens (tertiary/aromatic N) is 3. The van der Waals surface area contributed by atoms with Gasteiger partial charge < -0.3 is 9.73 Å². The van der Waals surface area contributed by atoms with Crippen LogP contribution in [0.4, 0.5) is 0 Å². The topological polar surface area (TPSA) is 55.9 Å². The van der Waals surface area contributed by atoms with E-state index < -0.39 is 0 Å². The van der Waals surface area contributed by atoms with Crippen molar-refractivity contribution in [3.05, 3.63) is 35.3 Å². The molecule has 1 N–H and O–H groups in total. The first-order valence-corrected chi connectivity index (χ1v) is 7.32. The minimum Gasteiger partial charge on any atom is -0.466 e. The fourth-order valence-electron chi connectivity index (χ4n) is 2.56. The molecule has 0 amide bonds. The third kappa shape index (κ3) is 3.28. The second-order valence-corrected chi connectivity index (χ2v) is 5.08. The maximum atomic E-state index is 5.66. The zero-order valence-electron chi connectivity index (χ0n) is 12.8. The van der Waals surface area contributed by atoms with Crippen molar-refractivity contribution < 1.29 is 4.42 Å². The van der Waals surface area contributed by atoms with Gasteiger partial charge in [0.2, 0.25) is 0 Å². The quantitative estimate of drug-likeness (QED) is 0.845. The van der Waals surface area contributed by atoms with Crippen LogP contribution in [0, 0.1) is 13.8 Å². The number of likely N-dealkylation sites (N-methyl/N-ethyl adjacent to an activating group) is 1. The van der Waals surface area contributed by atoms with Gasteiger partial charge >= 0.3 is 0 Å². The van der Waals surface area contributed by atoms with Crippen LogP contribution in [0.1, 0.15) is 49.2 Å². The second kappa shape index (κ2) is 6.70. The van der Waals surface area contributed by atoms with Crippen LogP contribution in [0.15, 0.2) is 16.8 Å². The Morgan fingerprint density at radius 1 is 1.35 bits per heavy atom. The van der Waals surface area contributed by atoms with E-state index in [-0.39, 0.29) is 6.04 Å². The summed E-state index contributed by atoms with van der Waals surface area (Å²) in [6.45, 7) is 10.1. The van der Waals surface area contributed by atoms with Gasteiger partial charge in [0.1, 0.15) is 23.7 Å². The molecule has 2 aromatic heterocycles. The van der Waals surface area contributed by atoms with Crippen molar-refractivity contribution in [2.24, 2.45) is 0 Å². The maximum Gasteiger partial charge on any atom is 0.138 e. The molecule has 0 spiro atoms. The van der Waals surface area contributed by atoms with Gasteiger partial charge in [0.25, 0.3) is 0 Å². The van der Waals surface area contributed by atoms with E-state index in [0.717, 1.165) is 43.3 Å². The molecule has 2 aromatic rings. The summed E-state index contributed by atoms with van der Waals surface area (Å²) in [5.41, 5.74) is 1.22. The summed E-state index contributed by atoms with van der Waals surface area (Å²) in [6.07, 6.45) is 3.53. The minimum atomic E-state index is 0.220. The van der Waals surface area contributed by atoms with Crippen LogP contribution in [-0.2, 0) is 13.0 Å². The highest BCUT2D eigenvalue weighted by Crippen LogP contribution is 2.24. The van der Waals surface area contributed by atoms with E-state index >= 15 is 0 Å². The second-order valence-electron chi connectivity index (χ2n) is 5.08. The van der Waals surface area contributed by atoms with Gasteiger partial charge in [-0.15, -0.1) is 0 Å². The average molecular weight is 276 g/mol. The SMILES string of the molecule is CCCn1ncnc1CC(NCC)c1cc(C)oc1C. The molecule has 5 heteroatoms. The Balaban J connectivity index is 2.21. The standard InChI is InChI=1S/C15H24N4O/c1-5-7-19-15(17-10-18-19)9-14(16-6-2)13-8-11(3)20-12(13)4/h8,10,14,16H,5-7,9H2,1-4H3. The fourth-order valence-corrected chi connectivity index (χ4v) is 2.56. The van der Waals surface area contributed by atoms with E-state index in [2.05, 4.69) is 35.3 Å². The Labute approximate surface area is 120 Å². The van der Waals surface area contributed by atoms with E-state index in [1.165, 1.54) is 5.56 Å². The molecule has 0 aromatic carbocycles. The lowest BCUT2D eigenvalue weighted by atomic mass is 10.0. The molecule has 0 saturated carbocycles. The lowest BCUT2D eigenvalue weighted by Crippen LogP contribution is -2.24. The maximum absolute atomic E-state index is 5.66. The predicted octanol–water partition coefficient (Wildman–Crippen LogP) is 2.79. The normalized spacial score (nSPS) is 12.8. The zero-order valence-corrected chi connectivity index (χ0v) is 12.8. The van der Waals surface area contributed by atoms with Gasteiger partial charge in [-0.3, -0.25) is 4.68 Å². The van der Waals surface area contributed by atoms with Gasteiger partial charge in [-0.25, -0.2) is 4.98 Å². The molecule has 2 rings (SSSR count). The highest BCUT2D eigenvalue weighted by Gasteiger charge is 2.19. The molecule has 1 unspecified atom stereocenters. The van der Waals surface area contributed by atoms with E-state index in [1.54, 1.807) is 6.33 Å². The van der Waals surface area contributed by atoms with Crippen molar-refractivity contribution in [1.82, 2.24) is 20.1 Å². The van der Waals surface area contributed by atoms with E-state index in [0.29, 0.717) is 0 Å². The zero-order chi connectivity index (χ0) is 14.5.